The molecule has 3 rings (SSSR count). The molecule has 0 bridgehead atoms. The van der Waals surface area contributed by atoms with Gasteiger partial charge in [0.25, 0.3) is 0 Å². The van der Waals surface area contributed by atoms with Crippen LogP contribution in [0.2, 0.25) is 0 Å². The predicted octanol–water partition coefficient (Wildman–Crippen LogP) is 3.04. The van der Waals surface area contributed by atoms with E-state index in [1.165, 1.54) is 0 Å². The minimum Gasteiger partial charge on any atom is -0.400 e. The van der Waals surface area contributed by atoms with Gasteiger partial charge in [-0.15, -0.1) is 0 Å². The van der Waals surface area contributed by atoms with E-state index < -0.39 is 4.92 Å². The van der Waals surface area contributed by atoms with E-state index in [9.17, 15) is 10.1 Å². The summed E-state index contributed by atoms with van der Waals surface area (Å²) in [5.41, 5.74) is 3.09. The van der Waals surface area contributed by atoms with Crippen molar-refractivity contribution in [1.82, 2.24) is 0 Å². The number of nitro groups is 1. The van der Waals surface area contributed by atoms with E-state index >= 15 is 0 Å². The molecule has 1 aromatic heterocycles. The van der Waals surface area contributed by atoms with Crippen LogP contribution in [0.5, 0.6) is 0 Å². The Morgan fingerprint density at radius 3 is 2.35 bits per heavy atom. The van der Waals surface area contributed by atoms with Gasteiger partial charge < -0.3 is 14.6 Å². The Balaban J connectivity index is 2.23. The standard InChI is InChI=1S/C17H15NO5/c19-8-7-11-3-6-15-14(9-11)16(17(23-15)18(21)22)13-4-1-12(10-20)2-5-13/h1-6,9,19-20H,7-8,10H2. The maximum Gasteiger partial charge on any atom is 0.442 e. The van der Waals surface area contributed by atoms with Gasteiger partial charge in [0.1, 0.15) is 16.1 Å². The molecule has 2 aromatic carbocycles. The third-order valence-electron chi connectivity index (χ3n) is 3.73. The molecule has 1 heterocycles. The summed E-state index contributed by atoms with van der Waals surface area (Å²) in [5, 5.41) is 30.2. The molecular formula is C17H15NO5. The van der Waals surface area contributed by atoms with Gasteiger partial charge in [-0.1, -0.05) is 30.3 Å². The van der Waals surface area contributed by atoms with Gasteiger partial charge in [-0.2, -0.15) is 0 Å². The second-order valence-corrected chi connectivity index (χ2v) is 5.20. The first-order chi connectivity index (χ1) is 11.1. The predicted molar refractivity (Wildman–Crippen MR) is 85.0 cm³/mol. The normalized spacial score (nSPS) is 11.0. The van der Waals surface area contributed by atoms with Crippen LogP contribution in [0.25, 0.3) is 22.1 Å². The van der Waals surface area contributed by atoms with Crippen LogP contribution in [0, 0.1) is 10.1 Å². The second-order valence-electron chi connectivity index (χ2n) is 5.20. The fraction of sp³-hybridized carbons (Fsp3) is 0.176. The minimum absolute atomic E-state index is 0.00593. The van der Waals surface area contributed by atoms with E-state index in [1.807, 2.05) is 0 Å². The Kier molecular flexibility index (Phi) is 4.10. The first-order valence-corrected chi connectivity index (χ1v) is 7.15. The SMILES string of the molecule is O=[N+]([O-])c1oc2ccc(CCO)cc2c1-c1ccc(CO)cc1. The molecule has 118 valence electrons. The summed E-state index contributed by atoms with van der Waals surface area (Å²) in [7, 11) is 0. The van der Waals surface area contributed by atoms with Gasteiger partial charge in [-0.25, -0.2) is 0 Å². The Morgan fingerprint density at radius 2 is 1.74 bits per heavy atom. The van der Waals surface area contributed by atoms with Crippen LogP contribution in [-0.2, 0) is 13.0 Å². The van der Waals surface area contributed by atoms with Crippen molar-refractivity contribution in [2.75, 3.05) is 6.61 Å². The molecule has 0 saturated carbocycles. The fourth-order valence-corrected chi connectivity index (χ4v) is 2.60. The lowest BCUT2D eigenvalue weighted by Gasteiger charge is -2.02. The molecule has 0 unspecified atom stereocenters. The van der Waals surface area contributed by atoms with Crippen molar-refractivity contribution in [3.8, 4) is 11.1 Å². The summed E-state index contributed by atoms with van der Waals surface area (Å²) in [5.74, 6) is -0.308. The molecular weight excluding hydrogens is 298 g/mol. The smallest absolute Gasteiger partial charge is 0.400 e. The minimum atomic E-state index is -0.541. The fourth-order valence-electron chi connectivity index (χ4n) is 2.60. The van der Waals surface area contributed by atoms with Crippen molar-refractivity contribution in [1.29, 1.82) is 0 Å². The molecule has 0 spiro atoms. The van der Waals surface area contributed by atoms with Crippen molar-refractivity contribution < 1.29 is 19.6 Å². The van der Waals surface area contributed by atoms with Crippen LogP contribution in [0.3, 0.4) is 0 Å². The van der Waals surface area contributed by atoms with Gasteiger partial charge in [0.05, 0.1) is 6.61 Å². The number of hydrogen-bond donors (Lipinski definition) is 2. The van der Waals surface area contributed by atoms with E-state index in [0.717, 1.165) is 11.1 Å². The van der Waals surface area contributed by atoms with Gasteiger partial charge in [0.2, 0.25) is 0 Å². The van der Waals surface area contributed by atoms with Gasteiger partial charge in [-0.3, -0.25) is 10.1 Å². The van der Waals surface area contributed by atoms with E-state index in [0.29, 0.717) is 28.5 Å². The Morgan fingerprint density at radius 1 is 1.04 bits per heavy atom. The highest BCUT2D eigenvalue weighted by atomic mass is 16.6. The maximum absolute atomic E-state index is 11.3. The topological polar surface area (TPSA) is 96.7 Å². The monoisotopic (exact) mass is 313 g/mol. The van der Waals surface area contributed by atoms with Gasteiger partial charge in [-0.05, 0) is 35.2 Å². The number of fused-ring (bicyclic) bond motifs is 1. The first-order valence-electron chi connectivity index (χ1n) is 7.15. The number of aliphatic hydroxyl groups is 2. The van der Waals surface area contributed by atoms with Crippen molar-refractivity contribution in [2.45, 2.75) is 13.0 Å². The quantitative estimate of drug-likeness (QED) is 0.557. The van der Waals surface area contributed by atoms with Crippen molar-refractivity contribution in [2.24, 2.45) is 0 Å². The number of nitrogens with zero attached hydrogens (tertiary/aromatic N) is 1. The van der Waals surface area contributed by atoms with Crippen molar-refractivity contribution in [3.05, 3.63) is 63.7 Å². The number of furan rings is 1. The molecule has 0 radical (unpaired) electrons. The van der Waals surface area contributed by atoms with E-state index in [1.54, 1.807) is 42.5 Å². The molecule has 23 heavy (non-hydrogen) atoms. The lowest BCUT2D eigenvalue weighted by Crippen LogP contribution is -1.91. The summed E-state index contributed by atoms with van der Waals surface area (Å²) in [4.78, 5) is 10.8. The summed E-state index contributed by atoms with van der Waals surface area (Å²) >= 11 is 0. The van der Waals surface area contributed by atoms with Crippen LogP contribution in [0.4, 0.5) is 5.88 Å². The summed E-state index contributed by atoms with van der Waals surface area (Å²) in [6.07, 6.45) is 0.470. The Hall–Kier alpha value is -2.70. The third kappa shape index (κ3) is 2.81. The Labute approximate surface area is 131 Å². The molecule has 0 aliphatic rings. The molecule has 0 aliphatic heterocycles. The molecule has 2 N–H and O–H groups in total. The molecule has 3 aromatic rings. The zero-order chi connectivity index (χ0) is 16.4. The molecule has 6 heteroatoms. The molecule has 0 fully saturated rings. The molecule has 6 nitrogen and oxygen atoms in total. The zero-order valence-electron chi connectivity index (χ0n) is 12.2. The van der Waals surface area contributed by atoms with Crippen LogP contribution in [-0.4, -0.2) is 21.7 Å². The average Bonchev–Trinajstić information content (AvgIpc) is 2.94. The largest absolute Gasteiger partial charge is 0.442 e. The lowest BCUT2D eigenvalue weighted by molar-refractivity contribution is -0.400. The van der Waals surface area contributed by atoms with Crippen molar-refractivity contribution >= 4 is 16.9 Å². The summed E-state index contributed by atoms with van der Waals surface area (Å²) in [6, 6.07) is 12.1. The number of rotatable bonds is 5. The summed E-state index contributed by atoms with van der Waals surface area (Å²) < 4.78 is 5.39. The van der Waals surface area contributed by atoms with Crippen LogP contribution >= 0.6 is 0 Å². The van der Waals surface area contributed by atoms with Gasteiger partial charge in [0, 0.05) is 12.0 Å². The number of aliphatic hydroxyl groups excluding tert-OH is 2. The molecule has 0 atom stereocenters. The highest BCUT2D eigenvalue weighted by molar-refractivity contribution is 5.99. The van der Waals surface area contributed by atoms with Gasteiger partial charge in [0.15, 0.2) is 0 Å². The van der Waals surface area contributed by atoms with E-state index in [2.05, 4.69) is 0 Å². The summed E-state index contributed by atoms with van der Waals surface area (Å²) in [6.45, 7) is -0.0822. The highest BCUT2D eigenvalue weighted by Crippen LogP contribution is 2.40. The maximum atomic E-state index is 11.3. The zero-order valence-corrected chi connectivity index (χ0v) is 12.2. The van der Waals surface area contributed by atoms with Crippen LogP contribution in [0.15, 0.2) is 46.9 Å². The second kappa shape index (κ2) is 6.20. The average molecular weight is 313 g/mol. The van der Waals surface area contributed by atoms with E-state index in [4.69, 9.17) is 14.6 Å². The Bertz CT molecular complexity index is 851. The molecule has 0 saturated heterocycles. The third-order valence-corrected chi connectivity index (χ3v) is 3.73. The first kappa shape index (κ1) is 15.2. The van der Waals surface area contributed by atoms with Gasteiger partial charge >= 0.3 is 5.88 Å². The van der Waals surface area contributed by atoms with Crippen LogP contribution in [0.1, 0.15) is 11.1 Å². The van der Waals surface area contributed by atoms with Crippen LogP contribution < -0.4 is 0 Å². The van der Waals surface area contributed by atoms with Crippen molar-refractivity contribution in [3.63, 3.8) is 0 Å². The molecule has 0 aliphatic carbocycles. The number of hydrogen-bond acceptors (Lipinski definition) is 5. The number of benzene rings is 2. The molecule has 0 amide bonds. The highest BCUT2D eigenvalue weighted by Gasteiger charge is 2.25. The van der Waals surface area contributed by atoms with E-state index in [-0.39, 0.29) is 19.1 Å². The lowest BCUT2D eigenvalue weighted by atomic mass is 10.0.